The maximum absolute atomic E-state index is 11.9. The molecule has 27 heavy (non-hydrogen) atoms. The first kappa shape index (κ1) is 18.7. The summed E-state index contributed by atoms with van der Waals surface area (Å²) in [5.41, 5.74) is 3.24. The molecule has 3 rings (SSSR count). The van der Waals surface area contributed by atoms with Crippen LogP contribution in [-0.2, 0) is 6.42 Å². The number of rotatable bonds is 7. The standard InChI is InChI=1S/C19H21N5O3/c1-13-2-5-15(6-3-13)24-12-22-18(23-24)8-14-4-7-17(20-9-14)19(27)21-10-16(26)11-25/h2-7,9,12,16,25-26H,8,10-11H2,1H3,(H,21,27)/t16-/m1/s1. The van der Waals surface area contributed by atoms with Gasteiger partial charge in [0, 0.05) is 19.2 Å². The average molecular weight is 367 g/mol. The van der Waals surface area contributed by atoms with Crippen molar-refractivity contribution in [1.82, 2.24) is 25.1 Å². The third kappa shape index (κ3) is 4.96. The van der Waals surface area contributed by atoms with Crippen molar-refractivity contribution in [3.63, 3.8) is 0 Å². The zero-order chi connectivity index (χ0) is 19.2. The van der Waals surface area contributed by atoms with Crippen LogP contribution in [0.2, 0.25) is 0 Å². The number of aliphatic hydroxyl groups is 2. The van der Waals surface area contributed by atoms with Crippen molar-refractivity contribution in [3.8, 4) is 5.69 Å². The van der Waals surface area contributed by atoms with Crippen molar-refractivity contribution in [3.05, 3.63) is 71.6 Å². The summed E-state index contributed by atoms with van der Waals surface area (Å²) in [6, 6.07) is 11.4. The van der Waals surface area contributed by atoms with E-state index in [0.717, 1.165) is 11.3 Å². The lowest BCUT2D eigenvalue weighted by Gasteiger charge is -2.08. The first-order chi connectivity index (χ1) is 13.0. The summed E-state index contributed by atoms with van der Waals surface area (Å²) in [5, 5.41) is 25.0. The van der Waals surface area contributed by atoms with Gasteiger partial charge in [0.25, 0.3) is 5.91 Å². The van der Waals surface area contributed by atoms with Crippen LogP contribution in [0, 0.1) is 6.92 Å². The van der Waals surface area contributed by atoms with Crippen LogP contribution >= 0.6 is 0 Å². The molecule has 1 amide bonds. The van der Waals surface area contributed by atoms with E-state index in [1.54, 1.807) is 29.3 Å². The molecule has 8 heteroatoms. The van der Waals surface area contributed by atoms with E-state index in [2.05, 4.69) is 20.4 Å². The number of aromatic nitrogens is 4. The fraction of sp³-hybridized carbons (Fsp3) is 0.263. The monoisotopic (exact) mass is 367 g/mol. The van der Waals surface area contributed by atoms with Crippen LogP contribution in [0.1, 0.15) is 27.4 Å². The topological polar surface area (TPSA) is 113 Å². The van der Waals surface area contributed by atoms with E-state index in [-0.39, 0.29) is 12.2 Å². The van der Waals surface area contributed by atoms with E-state index in [1.807, 2.05) is 31.2 Å². The van der Waals surface area contributed by atoms with E-state index in [9.17, 15) is 9.90 Å². The minimum atomic E-state index is -0.983. The number of aliphatic hydroxyl groups excluding tert-OH is 2. The zero-order valence-electron chi connectivity index (χ0n) is 14.9. The molecule has 140 valence electrons. The molecule has 0 saturated carbocycles. The predicted molar refractivity (Wildman–Crippen MR) is 98.6 cm³/mol. The van der Waals surface area contributed by atoms with Crippen LogP contribution in [-0.4, -0.2) is 55.1 Å². The van der Waals surface area contributed by atoms with Gasteiger partial charge in [-0.3, -0.25) is 9.78 Å². The maximum Gasteiger partial charge on any atom is 0.269 e. The summed E-state index contributed by atoms with van der Waals surface area (Å²) in [6.45, 7) is 1.59. The van der Waals surface area contributed by atoms with Crippen LogP contribution in [0.25, 0.3) is 5.69 Å². The molecule has 0 spiro atoms. The molecule has 8 nitrogen and oxygen atoms in total. The number of nitrogens with zero attached hydrogens (tertiary/aromatic N) is 4. The Morgan fingerprint density at radius 2 is 1.96 bits per heavy atom. The summed E-state index contributed by atoms with van der Waals surface area (Å²) in [6.07, 6.45) is 2.78. The third-order valence-corrected chi connectivity index (χ3v) is 3.97. The highest BCUT2D eigenvalue weighted by Crippen LogP contribution is 2.10. The Hall–Kier alpha value is -3.10. The number of carbonyl (C=O) groups excluding carboxylic acids is 1. The Labute approximate surface area is 156 Å². The quantitative estimate of drug-likeness (QED) is 0.565. The zero-order valence-corrected chi connectivity index (χ0v) is 14.9. The highest BCUT2D eigenvalue weighted by atomic mass is 16.3. The molecular weight excluding hydrogens is 346 g/mol. The number of aryl methyl sites for hydroxylation is 1. The Morgan fingerprint density at radius 1 is 1.19 bits per heavy atom. The first-order valence-corrected chi connectivity index (χ1v) is 8.55. The molecule has 2 heterocycles. The van der Waals surface area contributed by atoms with Gasteiger partial charge in [-0.05, 0) is 30.7 Å². The molecular formula is C19H21N5O3. The number of carbonyl (C=O) groups is 1. The van der Waals surface area contributed by atoms with Gasteiger partial charge in [-0.2, -0.15) is 5.10 Å². The lowest BCUT2D eigenvalue weighted by molar-refractivity contribution is 0.0799. The molecule has 0 saturated heterocycles. The summed E-state index contributed by atoms with van der Waals surface area (Å²) < 4.78 is 1.72. The van der Waals surface area contributed by atoms with Crippen LogP contribution in [0.4, 0.5) is 0 Å². The molecule has 0 unspecified atom stereocenters. The number of benzene rings is 1. The molecule has 3 aromatic rings. The summed E-state index contributed by atoms with van der Waals surface area (Å²) in [7, 11) is 0. The number of amides is 1. The second-order valence-corrected chi connectivity index (χ2v) is 6.22. The predicted octanol–water partition coefficient (Wildman–Crippen LogP) is 0.645. The van der Waals surface area contributed by atoms with Crippen molar-refractivity contribution in [2.75, 3.05) is 13.2 Å². The van der Waals surface area contributed by atoms with Gasteiger partial charge in [-0.15, -0.1) is 0 Å². The van der Waals surface area contributed by atoms with Crippen LogP contribution in [0.15, 0.2) is 48.9 Å². The number of hydrogen-bond acceptors (Lipinski definition) is 6. The molecule has 3 N–H and O–H groups in total. The van der Waals surface area contributed by atoms with Crippen LogP contribution in [0.3, 0.4) is 0 Å². The van der Waals surface area contributed by atoms with Crippen molar-refractivity contribution in [2.24, 2.45) is 0 Å². The largest absolute Gasteiger partial charge is 0.394 e. The van der Waals surface area contributed by atoms with Crippen molar-refractivity contribution < 1.29 is 15.0 Å². The normalized spacial score (nSPS) is 12.0. The van der Waals surface area contributed by atoms with Gasteiger partial charge in [0.1, 0.15) is 12.0 Å². The second kappa shape index (κ2) is 8.52. The SMILES string of the molecule is Cc1ccc(-n2cnc(Cc3ccc(C(=O)NC[C@@H](O)CO)nc3)n2)cc1. The van der Waals surface area contributed by atoms with Gasteiger partial charge in [0.2, 0.25) is 0 Å². The van der Waals surface area contributed by atoms with E-state index in [1.165, 1.54) is 5.56 Å². The Kier molecular flexibility index (Phi) is 5.90. The van der Waals surface area contributed by atoms with Crippen molar-refractivity contribution in [2.45, 2.75) is 19.4 Å². The Morgan fingerprint density at radius 3 is 2.63 bits per heavy atom. The van der Waals surface area contributed by atoms with E-state index >= 15 is 0 Å². The minimum Gasteiger partial charge on any atom is -0.394 e. The number of pyridine rings is 1. The Bertz CT molecular complexity index is 890. The molecule has 0 aliphatic heterocycles. The first-order valence-electron chi connectivity index (χ1n) is 8.55. The molecule has 2 aromatic heterocycles. The van der Waals surface area contributed by atoms with Crippen LogP contribution < -0.4 is 5.32 Å². The highest BCUT2D eigenvalue weighted by Gasteiger charge is 2.10. The maximum atomic E-state index is 11.9. The van der Waals surface area contributed by atoms with E-state index in [0.29, 0.717) is 12.2 Å². The molecule has 0 aliphatic rings. The fourth-order valence-corrected chi connectivity index (χ4v) is 2.41. The van der Waals surface area contributed by atoms with Crippen molar-refractivity contribution >= 4 is 5.91 Å². The van der Waals surface area contributed by atoms with Crippen LogP contribution in [0.5, 0.6) is 0 Å². The molecule has 0 aliphatic carbocycles. The lowest BCUT2D eigenvalue weighted by Crippen LogP contribution is -2.34. The summed E-state index contributed by atoms with van der Waals surface area (Å²) in [5.74, 6) is 0.247. The molecule has 0 bridgehead atoms. The van der Waals surface area contributed by atoms with Gasteiger partial charge in [-0.1, -0.05) is 23.8 Å². The highest BCUT2D eigenvalue weighted by molar-refractivity contribution is 5.92. The summed E-state index contributed by atoms with van der Waals surface area (Å²) >= 11 is 0. The summed E-state index contributed by atoms with van der Waals surface area (Å²) in [4.78, 5) is 20.4. The number of hydrogen-bond donors (Lipinski definition) is 3. The van der Waals surface area contributed by atoms with Gasteiger partial charge in [-0.25, -0.2) is 9.67 Å². The smallest absolute Gasteiger partial charge is 0.269 e. The number of nitrogens with one attached hydrogen (secondary N) is 1. The molecule has 0 radical (unpaired) electrons. The van der Waals surface area contributed by atoms with Gasteiger partial charge in [0.15, 0.2) is 5.82 Å². The lowest BCUT2D eigenvalue weighted by atomic mass is 10.2. The molecule has 1 atom stereocenters. The van der Waals surface area contributed by atoms with E-state index < -0.39 is 18.6 Å². The average Bonchev–Trinajstić information content (AvgIpc) is 3.15. The van der Waals surface area contributed by atoms with E-state index in [4.69, 9.17) is 5.11 Å². The van der Waals surface area contributed by atoms with Gasteiger partial charge >= 0.3 is 0 Å². The van der Waals surface area contributed by atoms with Crippen molar-refractivity contribution in [1.29, 1.82) is 0 Å². The Balaban J connectivity index is 1.61. The molecule has 0 fully saturated rings. The molecule has 1 aromatic carbocycles. The van der Waals surface area contributed by atoms with Gasteiger partial charge in [0.05, 0.1) is 18.4 Å². The fourth-order valence-electron chi connectivity index (χ4n) is 2.41. The second-order valence-electron chi connectivity index (χ2n) is 6.22. The third-order valence-electron chi connectivity index (χ3n) is 3.97. The minimum absolute atomic E-state index is 0.0286. The van der Waals surface area contributed by atoms with Gasteiger partial charge < -0.3 is 15.5 Å².